The molecular formula is C23H30ClN5O4S2. The molecular weight excluding hydrogens is 510 g/mol. The normalized spacial score (nSPS) is 24.1. The number of amides is 2. The van der Waals surface area contributed by atoms with E-state index in [-0.39, 0.29) is 28.6 Å². The highest BCUT2D eigenvalue weighted by atomic mass is 35.5. The van der Waals surface area contributed by atoms with Gasteiger partial charge in [-0.3, -0.25) is 9.59 Å². The number of carbonyl (C=O) groups excluding carboxylic acids is 2. The number of likely N-dealkylation sites (tertiary alicyclic amines) is 3. The van der Waals surface area contributed by atoms with Crippen LogP contribution in [0.1, 0.15) is 38.5 Å². The van der Waals surface area contributed by atoms with E-state index >= 15 is 0 Å². The standard InChI is InChI=1S/C23H30ClN5O4S2/c24-19-8-7-16-13-21(34-22(16)25-19)35(32,33)26-18-6-4-11-28(23(18)31)15-20(30)29-12-3-5-17(29)14-27-9-1-2-10-27/h7-8,13,17-18,26H,1-6,9-12,14-15H2. The van der Waals surface area contributed by atoms with Crippen LogP contribution in [0.4, 0.5) is 0 Å². The van der Waals surface area contributed by atoms with Gasteiger partial charge in [-0.25, -0.2) is 13.4 Å². The first-order chi connectivity index (χ1) is 16.8. The summed E-state index contributed by atoms with van der Waals surface area (Å²) in [7, 11) is -3.92. The molecule has 3 saturated heterocycles. The van der Waals surface area contributed by atoms with Crippen molar-refractivity contribution < 1.29 is 18.0 Å². The van der Waals surface area contributed by atoms with Gasteiger partial charge in [-0.2, -0.15) is 4.72 Å². The van der Waals surface area contributed by atoms with Crippen LogP contribution in [0.3, 0.4) is 0 Å². The quantitative estimate of drug-likeness (QED) is 0.542. The van der Waals surface area contributed by atoms with Gasteiger partial charge in [0.25, 0.3) is 10.0 Å². The van der Waals surface area contributed by atoms with Crippen LogP contribution in [0, 0.1) is 0 Å². The highest BCUT2D eigenvalue weighted by Crippen LogP contribution is 2.29. The summed E-state index contributed by atoms with van der Waals surface area (Å²) in [5, 5.41) is 0.968. The number of hydrogen-bond donors (Lipinski definition) is 1. The molecule has 9 nitrogen and oxygen atoms in total. The fourth-order valence-corrected chi connectivity index (χ4v) is 8.10. The number of piperidine rings is 1. The van der Waals surface area contributed by atoms with Crippen molar-refractivity contribution in [2.75, 3.05) is 39.3 Å². The molecule has 0 saturated carbocycles. The second-order valence-electron chi connectivity index (χ2n) is 9.56. The van der Waals surface area contributed by atoms with Crippen LogP contribution in [0.5, 0.6) is 0 Å². The summed E-state index contributed by atoms with van der Waals surface area (Å²) in [5.74, 6) is -0.387. The number of thiophene rings is 1. The van der Waals surface area contributed by atoms with E-state index in [2.05, 4.69) is 14.6 Å². The van der Waals surface area contributed by atoms with Crippen molar-refractivity contribution in [3.8, 4) is 0 Å². The van der Waals surface area contributed by atoms with Crippen LogP contribution < -0.4 is 4.72 Å². The van der Waals surface area contributed by atoms with Crippen molar-refractivity contribution in [2.45, 2.75) is 54.8 Å². The number of pyridine rings is 1. The predicted molar refractivity (Wildman–Crippen MR) is 135 cm³/mol. The Morgan fingerprint density at radius 3 is 2.69 bits per heavy atom. The molecule has 3 aliphatic heterocycles. The topological polar surface area (TPSA) is 103 Å². The van der Waals surface area contributed by atoms with Crippen molar-refractivity contribution in [3.05, 3.63) is 23.4 Å². The van der Waals surface area contributed by atoms with Crippen LogP contribution in [-0.2, 0) is 19.6 Å². The van der Waals surface area contributed by atoms with E-state index in [1.165, 1.54) is 23.8 Å². The molecule has 12 heteroatoms. The summed E-state index contributed by atoms with van der Waals surface area (Å²) in [4.78, 5) is 36.8. The SMILES string of the molecule is O=C1C(NS(=O)(=O)c2cc3ccc(Cl)nc3s2)CCCN1CC(=O)N1CCCC1CN1CCCC1. The van der Waals surface area contributed by atoms with Crippen molar-refractivity contribution >= 4 is 55.0 Å². The van der Waals surface area contributed by atoms with E-state index in [1.807, 2.05) is 4.90 Å². The molecule has 3 aliphatic rings. The van der Waals surface area contributed by atoms with Crippen LogP contribution in [0.2, 0.25) is 5.15 Å². The Labute approximate surface area is 214 Å². The summed E-state index contributed by atoms with van der Waals surface area (Å²) >= 11 is 6.93. The molecule has 0 radical (unpaired) electrons. The van der Waals surface area contributed by atoms with Crippen LogP contribution in [0.15, 0.2) is 22.4 Å². The third kappa shape index (κ3) is 5.48. The van der Waals surface area contributed by atoms with Gasteiger partial charge in [0.1, 0.15) is 20.2 Å². The first kappa shape index (κ1) is 24.9. The van der Waals surface area contributed by atoms with Crippen molar-refractivity contribution in [2.24, 2.45) is 0 Å². The third-order valence-corrected chi connectivity index (χ3v) is 10.3. The molecule has 5 rings (SSSR count). The molecule has 190 valence electrons. The third-order valence-electron chi connectivity index (χ3n) is 7.11. The summed E-state index contributed by atoms with van der Waals surface area (Å²) in [6.07, 6.45) is 5.44. The summed E-state index contributed by atoms with van der Waals surface area (Å²) in [5.41, 5.74) is 0. The van der Waals surface area contributed by atoms with Gasteiger partial charge in [-0.05, 0) is 69.8 Å². The molecule has 2 amide bonds. The van der Waals surface area contributed by atoms with Gasteiger partial charge in [0.15, 0.2) is 0 Å². The zero-order valence-corrected chi connectivity index (χ0v) is 21.9. The lowest BCUT2D eigenvalue weighted by Gasteiger charge is -2.34. The number of fused-ring (bicyclic) bond motifs is 1. The van der Waals surface area contributed by atoms with Gasteiger partial charge in [-0.15, -0.1) is 11.3 Å². The van der Waals surface area contributed by atoms with E-state index in [1.54, 1.807) is 12.1 Å². The number of sulfonamides is 1. The zero-order chi connectivity index (χ0) is 24.6. The second-order valence-corrected chi connectivity index (χ2v) is 12.9. The molecule has 2 atom stereocenters. The maximum Gasteiger partial charge on any atom is 0.250 e. The minimum Gasteiger partial charge on any atom is -0.337 e. The van der Waals surface area contributed by atoms with Gasteiger partial charge in [0.05, 0.1) is 6.54 Å². The summed E-state index contributed by atoms with van der Waals surface area (Å²) in [6.45, 7) is 4.26. The highest BCUT2D eigenvalue weighted by molar-refractivity contribution is 7.91. The smallest absolute Gasteiger partial charge is 0.250 e. The summed E-state index contributed by atoms with van der Waals surface area (Å²) in [6, 6.07) is 4.17. The van der Waals surface area contributed by atoms with Crippen LogP contribution in [-0.4, -0.2) is 91.3 Å². The second kappa shape index (κ2) is 10.3. The molecule has 1 N–H and O–H groups in total. The molecule has 5 heterocycles. The largest absolute Gasteiger partial charge is 0.337 e. The molecule has 0 bridgehead atoms. The zero-order valence-electron chi connectivity index (χ0n) is 19.5. The van der Waals surface area contributed by atoms with Gasteiger partial charge in [-0.1, -0.05) is 11.6 Å². The van der Waals surface area contributed by atoms with E-state index < -0.39 is 16.1 Å². The van der Waals surface area contributed by atoms with E-state index in [9.17, 15) is 18.0 Å². The lowest BCUT2D eigenvalue weighted by molar-refractivity contribution is -0.143. The van der Waals surface area contributed by atoms with Crippen LogP contribution >= 0.6 is 22.9 Å². The Morgan fingerprint density at radius 1 is 1.11 bits per heavy atom. The van der Waals surface area contributed by atoms with Crippen molar-refractivity contribution in [3.63, 3.8) is 0 Å². The van der Waals surface area contributed by atoms with Crippen molar-refractivity contribution in [1.82, 2.24) is 24.4 Å². The Bertz CT molecular complexity index is 1210. The minimum atomic E-state index is -3.92. The molecule has 2 aromatic heterocycles. The first-order valence-corrected chi connectivity index (χ1v) is 14.9. The van der Waals surface area contributed by atoms with E-state index in [0.717, 1.165) is 50.4 Å². The maximum atomic E-state index is 13.2. The van der Waals surface area contributed by atoms with Gasteiger partial charge in [0.2, 0.25) is 11.8 Å². The molecule has 0 spiro atoms. The number of aromatic nitrogens is 1. The molecule has 35 heavy (non-hydrogen) atoms. The Morgan fingerprint density at radius 2 is 1.89 bits per heavy atom. The first-order valence-electron chi connectivity index (χ1n) is 12.2. The summed E-state index contributed by atoms with van der Waals surface area (Å²) < 4.78 is 28.7. The average Bonchev–Trinajstić information content (AvgIpc) is 3.57. The Kier molecular flexibility index (Phi) is 7.32. The molecule has 0 aromatic carbocycles. The Hall–Kier alpha value is -1.79. The highest BCUT2D eigenvalue weighted by Gasteiger charge is 2.36. The molecule has 2 unspecified atom stereocenters. The fraction of sp³-hybridized carbons (Fsp3) is 0.609. The number of rotatable bonds is 7. The van der Waals surface area contributed by atoms with E-state index in [0.29, 0.717) is 34.8 Å². The minimum absolute atomic E-state index is 0.00112. The Balaban J connectivity index is 1.22. The average molecular weight is 540 g/mol. The van der Waals surface area contributed by atoms with E-state index in [4.69, 9.17) is 11.6 Å². The number of nitrogens with zero attached hydrogens (tertiary/aromatic N) is 4. The lowest BCUT2D eigenvalue weighted by atomic mass is 10.1. The number of halogens is 1. The number of nitrogens with one attached hydrogen (secondary N) is 1. The maximum absolute atomic E-state index is 13.2. The lowest BCUT2D eigenvalue weighted by Crippen LogP contribution is -2.55. The molecule has 3 fully saturated rings. The molecule has 0 aliphatic carbocycles. The van der Waals surface area contributed by atoms with Gasteiger partial charge >= 0.3 is 0 Å². The number of hydrogen-bond acceptors (Lipinski definition) is 7. The van der Waals surface area contributed by atoms with Gasteiger partial charge in [0, 0.05) is 31.1 Å². The van der Waals surface area contributed by atoms with Crippen molar-refractivity contribution in [1.29, 1.82) is 0 Å². The number of carbonyl (C=O) groups is 2. The predicted octanol–water partition coefficient (Wildman–Crippen LogP) is 2.31. The fourth-order valence-electron chi connectivity index (χ4n) is 5.33. The molecule has 2 aromatic rings. The monoisotopic (exact) mass is 539 g/mol. The van der Waals surface area contributed by atoms with Gasteiger partial charge < -0.3 is 14.7 Å². The van der Waals surface area contributed by atoms with Crippen LogP contribution in [0.25, 0.3) is 10.2 Å².